The molecule has 0 radical (unpaired) electrons. The van der Waals surface area contributed by atoms with E-state index in [1.54, 1.807) is 19.1 Å². The standard InChI is InChI=1S/C28H40N6O4/c1-20(31-28(38)25(29)17-22-8-10-24(35)11-9-22)27(37)30-18-26(36)32-23(16-21-6-4-3-5-7-21)19-34-14-12-33(2)13-15-34/h3-11,20,23,25,35H,12-19,29H2,1-2H3,(H,30,37)(H,31,38)(H,32,36)/t20-,23?,25+/m1/s1. The number of rotatable bonds is 12. The van der Waals surface area contributed by atoms with Crippen LogP contribution in [-0.4, -0.2) is 97.1 Å². The van der Waals surface area contributed by atoms with E-state index in [-0.39, 0.29) is 30.7 Å². The molecule has 3 rings (SSSR count). The Hall–Kier alpha value is -3.47. The van der Waals surface area contributed by atoms with Gasteiger partial charge in [0.2, 0.25) is 17.7 Å². The van der Waals surface area contributed by atoms with Crippen LogP contribution in [-0.2, 0) is 27.2 Å². The van der Waals surface area contributed by atoms with E-state index in [4.69, 9.17) is 5.73 Å². The number of piperazine rings is 1. The van der Waals surface area contributed by atoms with Crippen molar-refractivity contribution in [2.75, 3.05) is 46.3 Å². The lowest BCUT2D eigenvalue weighted by Gasteiger charge is -2.35. The minimum atomic E-state index is -0.855. The van der Waals surface area contributed by atoms with Gasteiger partial charge in [-0.3, -0.25) is 19.3 Å². The molecule has 1 aliphatic heterocycles. The SMILES string of the molecule is C[C@@H](NC(=O)[C@@H](N)Cc1ccc(O)cc1)C(=O)NCC(=O)NC(Cc1ccccc1)CN1CCN(C)CC1. The van der Waals surface area contributed by atoms with Crippen LogP contribution in [0.15, 0.2) is 54.6 Å². The first-order valence-electron chi connectivity index (χ1n) is 13.1. The van der Waals surface area contributed by atoms with Gasteiger partial charge in [0.05, 0.1) is 12.6 Å². The number of aromatic hydroxyl groups is 1. The summed E-state index contributed by atoms with van der Waals surface area (Å²) in [7, 11) is 2.11. The highest BCUT2D eigenvalue weighted by atomic mass is 16.3. The number of carbonyl (C=O) groups is 3. The van der Waals surface area contributed by atoms with Gasteiger partial charge in [0.1, 0.15) is 11.8 Å². The van der Waals surface area contributed by atoms with Gasteiger partial charge < -0.3 is 31.7 Å². The van der Waals surface area contributed by atoms with Crippen molar-refractivity contribution < 1.29 is 19.5 Å². The van der Waals surface area contributed by atoms with Crippen molar-refractivity contribution in [1.82, 2.24) is 25.8 Å². The normalized spacial score (nSPS) is 16.7. The molecule has 1 heterocycles. The summed E-state index contributed by atoms with van der Waals surface area (Å²) in [6.45, 7) is 5.96. The molecule has 0 saturated carbocycles. The Morgan fingerprint density at radius 3 is 2.18 bits per heavy atom. The van der Waals surface area contributed by atoms with Crippen LogP contribution in [0.5, 0.6) is 5.75 Å². The molecule has 3 amide bonds. The van der Waals surface area contributed by atoms with Gasteiger partial charge in [0.25, 0.3) is 0 Å². The van der Waals surface area contributed by atoms with Crippen LogP contribution in [0.3, 0.4) is 0 Å². The molecule has 0 bridgehead atoms. The average Bonchev–Trinajstić information content (AvgIpc) is 2.90. The molecule has 1 unspecified atom stereocenters. The van der Waals surface area contributed by atoms with Crippen LogP contribution in [0.2, 0.25) is 0 Å². The van der Waals surface area contributed by atoms with Crippen molar-refractivity contribution in [2.45, 2.75) is 37.9 Å². The van der Waals surface area contributed by atoms with Crippen LogP contribution < -0.4 is 21.7 Å². The molecule has 3 atom stereocenters. The molecule has 2 aromatic carbocycles. The van der Waals surface area contributed by atoms with Gasteiger partial charge in [-0.05, 0) is 50.1 Å². The third kappa shape index (κ3) is 9.77. The summed E-state index contributed by atoms with van der Waals surface area (Å²) >= 11 is 0. The van der Waals surface area contributed by atoms with Crippen molar-refractivity contribution in [3.8, 4) is 5.75 Å². The molecule has 10 heteroatoms. The Morgan fingerprint density at radius 1 is 0.895 bits per heavy atom. The molecule has 0 aliphatic carbocycles. The predicted octanol–water partition coefficient (Wildman–Crippen LogP) is -0.142. The second kappa shape index (κ2) is 14.5. The average molecular weight is 525 g/mol. The quantitative estimate of drug-likeness (QED) is 0.260. The molecule has 1 aliphatic rings. The molecular weight excluding hydrogens is 484 g/mol. The predicted molar refractivity (Wildman–Crippen MR) is 146 cm³/mol. The third-order valence-electron chi connectivity index (χ3n) is 6.67. The maximum absolute atomic E-state index is 12.7. The molecule has 10 nitrogen and oxygen atoms in total. The molecule has 0 aromatic heterocycles. The monoisotopic (exact) mass is 524 g/mol. The minimum Gasteiger partial charge on any atom is -0.508 e. The largest absolute Gasteiger partial charge is 0.508 e. The fourth-order valence-corrected chi connectivity index (χ4v) is 4.37. The zero-order valence-corrected chi connectivity index (χ0v) is 22.2. The first-order chi connectivity index (χ1) is 18.2. The molecule has 0 spiro atoms. The van der Waals surface area contributed by atoms with E-state index in [0.717, 1.165) is 43.9 Å². The van der Waals surface area contributed by atoms with Crippen LogP contribution in [0, 0.1) is 0 Å². The number of carbonyl (C=O) groups excluding carboxylic acids is 3. The summed E-state index contributed by atoms with van der Waals surface area (Å²) in [4.78, 5) is 42.4. The maximum atomic E-state index is 12.7. The maximum Gasteiger partial charge on any atom is 0.242 e. The molecule has 6 N–H and O–H groups in total. The lowest BCUT2D eigenvalue weighted by Crippen LogP contribution is -2.54. The first-order valence-corrected chi connectivity index (χ1v) is 13.1. The second-order valence-corrected chi connectivity index (χ2v) is 9.98. The molecule has 2 aromatic rings. The van der Waals surface area contributed by atoms with Gasteiger partial charge >= 0.3 is 0 Å². The smallest absolute Gasteiger partial charge is 0.242 e. The highest BCUT2D eigenvalue weighted by Gasteiger charge is 2.23. The Kier molecular flexibility index (Phi) is 11.1. The van der Waals surface area contributed by atoms with E-state index in [0.29, 0.717) is 6.42 Å². The minimum absolute atomic E-state index is 0.0970. The first kappa shape index (κ1) is 29.1. The molecule has 206 valence electrons. The number of nitrogens with zero attached hydrogens (tertiary/aromatic N) is 2. The Bertz CT molecular complexity index is 1040. The van der Waals surface area contributed by atoms with E-state index >= 15 is 0 Å². The summed E-state index contributed by atoms with van der Waals surface area (Å²) in [5.74, 6) is -1.09. The zero-order chi connectivity index (χ0) is 27.5. The van der Waals surface area contributed by atoms with E-state index in [9.17, 15) is 19.5 Å². The van der Waals surface area contributed by atoms with Gasteiger partial charge in [-0.1, -0.05) is 42.5 Å². The number of nitrogens with one attached hydrogen (secondary N) is 3. The summed E-state index contributed by atoms with van der Waals surface area (Å²) in [5.41, 5.74) is 7.91. The number of likely N-dealkylation sites (N-methyl/N-ethyl adjacent to an activating group) is 1. The van der Waals surface area contributed by atoms with Crippen molar-refractivity contribution in [3.05, 3.63) is 65.7 Å². The summed E-state index contributed by atoms with van der Waals surface area (Å²) in [6, 6.07) is 14.6. The van der Waals surface area contributed by atoms with Crippen LogP contribution in [0.1, 0.15) is 18.1 Å². The molecule has 1 saturated heterocycles. The lowest BCUT2D eigenvalue weighted by atomic mass is 10.0. The second-order valence-electron chi connectivity index (χ2n) is 9.98. The fourth-order valence-electron chi connectivity index (χ4n) is 4.37. The lowest BCUT2D eigenvalue weighted by molar-refractivity contribution is -0.130. The number of nitrogens with two attached hydrogens (primary N) is 1. The summed E-state index contributed by atoms with van der Waals surface area (Å²) in [6.07, 6.45) is 0.956. The summed E-state index contributed by atoms with van der Waals surface area (Å²) < 4.78 is 0. The number of benzene rings is 2. The van der Waals surface area contributed by atoms with Gasteiger partial charge in [-0.15, -0.1) is 0 Å². The van der Waals surface area contributed by atoms with Crippen molar-refractivity contribution in [3.63, 3.8) is 0 Å². The van der Waals surface area contributed by atoms with Crippen molar-refractivity contribution in [1.29, 1.82) is 0 Å². The molecular formula is C28H40N6O4. The highest BCUT2D eigenvalue weighted by molar-refractivity contribution is 5.91. The Labute approximate surface area is 224 Å². The van der Waals surface area contributed by atoms with Gasteiger partial charge in [-0.25, -0.2) is 0 Å². The van der Waals surface area contributed by atoms with Crippen LogP contribution in [0.4, 0.5) is 0 Å². The van der Waals surface area contributed by atoms with Gasteiger partial charge in [0, 0.05) is 38.8 Å². The number of hydrogen-bond donors (Lipinski definition) is 5. The Morgan fingerprint density at radius 2 is 1.53 bits per heavy atom. The van der Waals surface area contributed by atoms with Gasteiger partial charge in [-0.2, -0.15) is 0 Å². The molecule has 38 heavy (non-hydrogen) atoms. The highest BCUT2D eigenvalue weighted by Crippen LogP contribution is 2.11. The number of phenols is 1. The number of amides is 3. The zero-order valence-electron chi connectivity index (χ0n) is 22.2. The van der Waals surface area contributed by atoms with Gasteiger partial charge in [0.15, 0.2) is 0 Å². The Balaban J connectivity index is 1.46. The van der Waals surface area contributed by atoms with E-state index in [2.05, 4.69) is 32.8 Å². The summed E-state index contributed by atoms with van der Waals surface area (Å²) in [5, 5.41) is 17.7. The van der Waals surface area contributed by atoms with Crippen molar-refractivity contribution in [2.24, 2.45) is 5.73 Å². The van der Waals surface area contributed by atoms with Crippen molar-refractivity contribution >= 4 is 17.7 Å². The van der Waals surface area contributed by atoms with E-state index in [1.807, 2.05) is 30.3 Å². The van der Waals surface area contributed by atoms with Crippen LogP contribution in [0.25, 0.3) is 0 Å². The van der Waals surface area contributed by atoms with Crippen LogP contribution >= 0.6 is 0 Å². The fraction of sp³-hybridized carbons (Fsp3) is 0.464. The number of hydrogen-bond acceptors (Lipinski definition) is 7. The third-order valence-corrected chi connectivity index (χ3v) is 6.67. The number of phenolic OH excluding ortho intramolecular Hbond substituents is 1. The topological polar surface area (TPSA) is 140 Å². The van der Waals surface area contributed by atoms with E-state index in [1.165, 1.54) is 12.1 Å². The van der Waals surface area contributed by atoms with E-state index < -0.39 is 23.9 Å². The molecule has 1 fully saturated rings.